The van der Waals surface area contributed by atoms with Gasteiger partial charge in [-0.1, -0.05) is 25.5 Å². The maximum atomic E-state index is 12.4. The Morgan fingerprint density at radius 2 is 1.85 bits per heavy atom. The molecular weight excluding hydrogens is 504 g/mol. The zero-order valence-corrected chi connectivity index (χ0v) is 24.3. The summed E-state index contributed by atoms with van der Waals surface area (Å²) in [6, 6.07) is 0. The Balaban J connectivity index is 1.35. The Bertz CT molecular complexity index is 985. The van der Waals surface area contributed by atoms with Crippen LogP contribution in [0.2, 0.25) is 0 Å². The minimum absolute atomic E-state index is 0.0196. The molecule has 1 aliphatic heterocycles. The summed E-state index contributed by atoms with van der Waals surface area (Å²) in [5.74, 6) is -0.559. The highest BCUT2D eigenvalue weighted by molar-refractivity contribution is 5.66. The molecule has 5 rings (SSSR count). The fourth-order valence-corrected chi connectivity index (χ4v) is 9.30. The van der Waals surface area contributed by atoms with Crippen LogP contribution in [0.1, 0.15) is 86.0 Å². The minimum Gasteiger partial charge on any atom is -0.460 e. The quantitative estimate of drug-likeness (QED) is 0.300. The first kappa shape index (κ1) is 29.4. The summed E-state index contributed by atoms with van der Waals surface area (Å²) in [6.07, 6.45) is 3.28. The number of ether oxygens (including phenoxy) is 4. The van der Waals surface area contributed by atoms with Gasteiger partial charge in [-0.15, -0.1) is 0 Å². The summed E-state index contributed by atoms with van der Waals surface area (Å²) in [5.41, 5.74) is -2.95. The van der Waals surface area contributed by atoms with Crippen molar-refractivity contribution in [3.8, 4) is 0 Å². The summed E-state index contributed by atoms with van der Waals surface area (Å²) < 4.78 is 23.2. The van der Waals surface area contributed by atoms with E-state index in [-0.39, 0.29) is 42.0 Å². The summed E-state index contributed by atoms with van der Waals surface area (Å²) in [5, 5.41) is 46.2. The van der Waals surface area contributed by atoms with Crippen molar-refractivity contribution in [2.45, 2.75) is 140 Å². The molecule has 13 atom stereocenters. The van der Waals surface area contributed by atoms with E-state index in [0.717, 1.165) is 19.3 Å². The van der Waals surface area contributed by atoms with Gasteiger partial charge in [0.25, 0.3) is 0 Å². The molecule has 222 valence electrons. The predicted molar refractivity (Wildman–Crippen MR) is 141 cm³/mol. The third-order valence-electron chi connectivity index (χ3n) is 11.8. The highest BCUT2D eigenvalue weighted by Crippen LogP contribution is 2.69. The standard InChI is InChI=1S/C30H48O9/c1-16-26(33)23(36-6)15-25(37-16)39-20-9-10-27(4)19(13-20)7-8-21-22(27)14-24(32)28(5)29(34,11-12-30(21,28)35)17(2)38-18(3)31/h7,16-17,20-26,32-35H,8-15H2,1-6H3/t16-,17+,20+,21+,22+,23+,24-,25+,26-,27+,28-,29-,30+/m1/s1. The van der Waals surface area contributed by atoms with Crippen molar-refractivity contribution < 1.29 is 44.2 Å². The van der Waals surface area contributed by atoms with Gasteiger partial charge in [0.1, 0.15) is 17.8 Å². The molecular formula is C30H48O9. The largest absolute Gasteiger partial charge is 0.460 e. The average Bonchev–Trinajstić information content (AvgIpc) is 3.10. The van der Waals surface area contributed by atoms with Crippen LogP contribution < -0.4 is 0 Å². The molecule has 1 heterocycles. The van der Waals surface area contributed by atoms with Gasteiger partial charge in [-0.2, -0.15) is 0 Å². The summed E-state index contributed by atoms with van der Waals surface area (Å²) in [4.78, 5) is 11.7. The van der Waals surface area contributed by atoms with Gasteiger partial charge < -0.3 is 39.4 Å². The zero-order valence-electron chi connectivity index (χ0n) is 24.3. The van der Waals surface area contributed by atoms with Crippen molar-refractivity contribution in [3.63, 3.8) is 0 Å². The SMILES string of the molecule is CO[C@H]1C[C@H](O[C@H]2CC[C@@]3(C)C(=CC[C@H]4[C@@H]3C[C@@H](O)[C@]3(C)[C@](O)([C@H](C)OC(C)=O)CC[C@]43O)C2)O[C@H](C)[C@H]1O. The van der Waals surface area contributed by atoms with Gasteiger partial charge in [0.15, 0.2) is 6.29 Å². The van der Waals surface area contributed by atoms with E-state index in [9.17, 15) is 25.2 Å². The van der Waals surface area contributed by atoms with Crippen LogP contribution in [0.5, 0.6) is 0 Å². The minimum atomic E-state index is -1.53. The van der Waals surface area contributed by atoms with Gasteiger partial charge in [0, 0.05) is 20.5 Å². The number of rotatable bonds is 5. The molecule has 4 N–H and O–H groups in total. The molecule has 5 aliphatic rings. The fraction of sp³-hybridized carbons (Fsp3) is 0.900. The van der Waals surface area contributed by atoms with E-state index in [4.69, 9.17) is 18.9 Å². The second-order valence-electron chi connectivity index (χ2n) is 13.4. The Labute approximate surface area is 231 Å². The van der Waals surface area contributed by atoms with E-state index in [2.05, 4.69) is 13.0 Å². The first-order valence-corrected chi connectivity index (χ1v) is 14.7. The molecule has 0 bridgehead atoms. The first-order chi connectivity index (χ1) is 18.2. The maximum absolute atomic E-state index is 12.4. The summed E-state index contributed by atoms with van der Waals surface area (Å²) in [6.45, 7) is 8.83. The number of methoxy groups -OCH3 is 1. The fourth-order valence-electron chi connectivity index (χ4n) is 9.30. The van der Waals surface area contributed by atoms with E-state index >= 15 is 0 Å². The second-order valence-corrected chi connectivity index (χ2v) is 13.4. The monoisotopic (exact) mass is 552 g/mol. The molecule has 4 aliphatic carbocycles. The van der Waals surface area contributed by atoms with Crippen LogP contribution in [0, 0.1) is 22.7 Å². The van der Waals surface area contributed by atoms with E-state index < -0.39 is 47.2 Å². The van der Waals surface area contributed by atoms with Gasteiger partial charge >= 0.3 is 5.97 Å². The molecule has 4 fully saturated rings. The van der Waals surface area contributed by atoms with Crippen LogP contribution in [0.4, 0.5) is 0 Å². The van der Waals surface area contributed by atoms with Crippen molar-refractivity contribution in [3.05, 3.63) is 11.6 Å². The Hall–Kier alpha value is -1.07. The van der Waals surface area contributed by atoms with Crippen molar-refractivity contribution in [2.24, 2.45) is 22.7 Å². The number of hydrogen-bond donors (Lipinski definition) is 4. The van der Waals surface area contributed by atoms with Crippen LogP contribution in [0.15, 0.2) is 11.6 Å². The van der Waals surface area contributed by atoms with Gasteiger partial charge in [0.05, 0.1) is 35.4 Å². The third-order valence-corrected chi connectivity index (χ3v) is 11.8. The van der Waals surface area contributed by atoms with Crippen LogP contribution in [0.3, 0.4) is 0 Å². The second kappa shape index (κ2) is 10.0. The van der Waals surface area contributed by atoms with Crippen molar-refractivity contribution in [1.29, 1.82) is 0 Å². The lowest BCUT2D eigenvalue weighted by atomic mass is 9.44. The molecule has 39 heavy (non-hydrogen) atoms. The maximum Gasteiger partial charge on any atom is 0.302 e. The van der Waals surface area contributed by atoms with Crippen molar-refractivity contribution in [1.82, 2.24) is 0 Å². The first-order valence-electron chi connectivity index (χ1n) is 14.7. The number of allylic oxidation sites excluding steroid dienone is 1. The zero-order chi connectivity index (χ0) is 28.5. The molecule has 9 heteroatoms. The topological polar surface area (TPSA) is 135 Å². The van der Waals surface area contributed by atoms with E-state index in [1.165, 1.54) is 12.5 Å². The smallest absolute Gasteiger partial charge is 0.302 e. The third kappa shape index (κ3) is 4.25. The number of esters is 1. The Morgan fingerprint density at radius 3 is 2.51 bits per heavy atom. The number of hydrogen-bond acceptors (Lipinski definition) is 9. The number of carbonyl (C=O) groups excluding carboxylic acids is 1. The molecule has 0 aromatic rings. The molecule has 0 radical (unpaired) electrons. The molecule has 1 saturated heterocycles. The van der Waals surface area contributed by atoms with Crippen molar-refractivity contribution >= 4 is 5.97 Å². The molecule has 0 spiro atoms. The molecule has 9 nitrogen and oxygen atoms in total. The van der Waals surface area contributed by atoms with Crippen LogP contribution in [-0.2, 0) is 23.7 Å². The number of carbonyl (C=O) groups is 1. The van der Waals surface area contributed by atoms with Crippen molar-refractivity contribution in [2.75, 3.05) is 7.11 Å². The van der Waals surface area contributed by atoms with Gasteiger partial charge in [0.2, 0.25) is 0 Å². The average molecular weight is 553 g/mol. The lowest BCUT2D eigenvalue weighted by Gasteiger charge is -2.64. The molecule has 0 aromatic heterocycles. The van der Waals surface area contributed by atoms with Gasteiger partial charge in [-0.05, 0) is 76.0 Å². The molecule has 0 unspecified atom stereocenters. The Kier molecular flexibility index (Phi) is 7.57. The number of aliphatic hydroxyl groups is 4. The van der Waals surface area contributed by atoms with Crippen LogP contribution in [-0.4, -0.2) is 87.6 Å². The number of fused-ring (bicyclic) bond motifs is 5. The normalized spacial score (nSPS) is 52.2. The predicted octanol–water partition coefficient (Wildman–Crippen LogP) is 2.61. The molecule has 0 aromatic carbocycles. The van der Waals surface area contributed by atoms with Crippen LogP contribution in [0.25, 0.3) is 0 Å². The lowest BCUT2D eigenvalue weighted by Crippen LogP contribution is -2.71. The molecule has 0 amide bonds. The van der Waals surface area contributed by atoms with Gasteiger partial charge in [-0.25, -0.2) is 0 Å². The van der Waals surface area contributed by atoms with E-state index in [1.807, 2.05) is 6.92 Å². The van der Waals surface area contributed by atoms with Crippen LogP contribution >= 0.6 is 0 Å². The molecule has 3 saturated carbocycles. The van der Waals surface area contributed by atoms with E-state index in [1.54, 1.807) is 21.0 Å². The lowest BCUT2D eigenvalue weighted by molar-refractivity contribution is -0.278. The Morgan fingerprint density at radius 1 is 1.13 bits per heavy atom. The number of aliphatic hydroxyl groups excluding tert-OH is 2. The highest BCUT2D eigenvalue weighted by Gasteiger charge is 2.75. The summed E-state index contributed by atoms with van der Waals surface area (Å²) in [7, 11) is 1.60. The van der Waals surface area contributed by atoms with E-state index in [0.29, 0.717) is 25.7 Å². The highest BCUT2D eigenvalue weighted by atomic mass is 16.7. The van der Waals surface area contributed by atoms with Gasteiger partial charge in [-0.3, -0.25) is 4.79 Å². The summed E-state index contributed by atoms with van der Waals surface area (Å²) >= 11 is 0.